The molecule has 1 amide bonds. The van der Waals surface area contributed by atoms with Gasteiger partial charge in [0.25, 0.3) is 0 Å². The standard InChI is InChI=1S/C23H32N6O2/c1-23(2,3)31-22(30)29-8-7-16-5-6-17(13-18(16)15-29)19-14-20(26-21(24)25-19)28-11-9-27(4)10-12-28/h5-6,13-14H,7-12,15H2,1-4H3,(H2,24,25,26). The number of hydrogen-bond acceptors (Lipinski definition) is 7. The van der Waals surface area contributed by atoms with Crippen LogP contribution >= 0.6 is 0 Å². The Hall–Kier alpha value is -2.87. The zero-order chi connectivity index (χ0) is 22.2. The average molecular weight is 425 g/mol. The number of aromatic nitrogens is 2. The second-order valence-electron chi connectivity index (χ2n) is 9.40. The molecule has 0 unspecified atom stereocenters. The number of anilines is 2. The fraction of sp³-hybridized carbons (Fsp3) is 0.522. The van der Waals surface area contributed by atoms with Gasteiger partial charge in [0, 0.05) is 50.9 Å². The van der Waals surface area contributed by atoms with Crippen LogP contribution in [0.25, 0.3) is 11.3 Å². The lowest BCUT2D eigenvalue weighted by Crippen LogP contribution is -2.44. The quantitative estimate of drug-likeness (QED) is 0.793. The first kappa shape index (κ1) is 21.4. The third kappa shape index (κ3) is 5.07. The largest absolute Gasteiger partial charge is 0.444 e. The molecule has 1 aromatic carbocycles. The summed E-state index contributed by atoms with van der Waals surface area (Å²) in [6.45, 7) is 10.7. The Morgan fingerprint density at radius 2 is 1.77 bits per heavy atom. The highest BCUT2D eigenvalue weighted by Gasteiger charge is 2.26. The Bertz CT molecular complexity index is 963. The van der Waals surface area contributed by atoms with Crippen molar-refractivity contribution >= 4 is 17.9 Å². The Morgan fingerprint density at radius 3 is 2.48 bits per heavy atom. The first-order valence-corrected chi connectivity index (χ1v) is 10.9. The van der Waals surface area contributed by atoms with E-state index < -0.39 is 5.60 Å². The van der Waals surface area contributed by atoms with Crippen LogP contribution in [0.3, 0.4) is 0 Å². The van der Waals surface area contributed by atoms with E-state index in [0.717, 1.165) is 55.2 Å². The predicted octanol–water partition coefficient (Wildman–Crippen LogP) is 2.77. The maximum atomic E-state index is 12.5. The molecule has 0 bridgehead atoms. The molecule has 2 aliphatic heterocycles. The van der Waals surface area contributed by atoms with E-state index in [-0.39, 0.29) is 12.0 Å². The molecule has 2 aromatic rings. The summed E-state index contributed by atoms with van der Waals surface area (Å²) in [5, 5.41) is 0. The number of nitrogen functional groups attached to an aromatic ring is 1. The van der Waals surface area contributed by atoms with Crippen molar-refractivity contribution < 1.29 is 9.53 Å². The lowest BCUT2D eigenvalue weighted by molar-refractivity contribution is 0.0224. The van der Waals surface area contributed by atoms with Gasteiger partial charge in [0.05, 0.1) is 5.69 Å². The topological polar surface area (TPSA) is 87.8 Å². The predicted molar refractivity (Wildman–Crippen MR) is 122 cm³/mol. The number of benzene rings is 1. The number of carbonyl (C=O) groups is 1. The first-order chi connectivity index (χ1) is 14.7. The van der Waals surface area contributed by atoms with Crippen molar-refractivity contribution in [3.8, 4) is 11.3 Å². The molecule has 3 heterocycles. The molecule has 0 spiro atoms. The van der Waals surface area contributed by atoms with Crippen molar-refractivity contribution in [2.24, 2.45) is 0 Å². The molecular weight excluding hydrogens is 392 g/mol. The van der Waals surface area contributed by atoms with Crippen LogP contribution in [0, 0.1) is 0 Å². The van der Waals surface area contributed by atoms with Crippen molar-refractivity contribution in [2.75, 3.05) is 50.4 Å². The van der Waals surface area contributed by atoms with Gasteiger partial charge < -0.3 is 25.2 Å². The number of likely N-dealkylation sites (N-methyl/N-ethyl adjacent to an activating group) is 1. The van der Waals surface area contributed by atoms with Crippen LogP contribution in [0.5, 0.6) is 0 Å². The zero-order valence-electron chi connectivity index (χ0n) is 18.9. The number of nitrogens with zero attached hydrogens (tertiary/aromatic N) is 5. The monoisotopic (exact) mass is 424 g/mol. The maximum Gasteiger partial charge on any atom is 0.410 e. The number of amides is 1. The number of carbonyl (C=O) groups excluding carboxylic acids is 1. The molecule has 0 aliphatic carbocycles. The van der Waals surface area contributed by atoms with E-state index in [2.05, 4.69) is 45.0 Å². The smallest absolute Gasteiger partial charge is 0.410 e. The van der Waals surface area contributed by atoms with Gasteiger partial charge in [-0.05, 0) is 51.4 Å². The Labute approximate surface area is 184 Å². The summed E-state index contributed by atoms with van der Waals surface area (Å²) in [5.74, 6) is 1.14. The molecule has 1 aromatic heterocycles. The molecule has 31 heavy (non-hydrogen) atoms. The van der Waals surface area contributed by atoms with Gasteiger partial charge >= 0.3 is 6.09 Å². The minimum Gasteiger partial charge on any atom is -0.444 e. The summed E-state index contributed by atoms with van der Waals surface area (Å²) >= 11 is 0. The van der Waals surface area contributed by atoms with E-state index in [1.165, 1.54) is 5.56 Å². The van der Waals surface area contributed by atoms with E-state index in [1.54, 1.807) is 4.90 Å². The van der Waals surface area contributed by atoms with Crippen LogP contribution in [-0.4, -0.2) is 71.2 Å². The first-order valence-electron chi connectivity index (χ1n) is 10.9. The lowest BCUT2D eigenvalue weighted by atomic mass is 9.96. The van der Waals surface area contributed by atoms with Gasteiger partial charge in [0.2, 0.25) is 5.95 Å². The average Bonchev–Trinajstić information content (AvgIpc) is 2.72. The van der Waals surface area contributed by atoms with Crippen molar-refractivity contribution in [3.05, 3.63) is 35.4 Å². The number of fused-ring (bicyclic) bond motifs is 1. The van der Waals surface area contributed by atoms with Gasteiger partial charge in [-0.1, -0.05) is 12.1 Å². The van der Waals surface area contributed by atoms with Gasteiger partial charge in [-0.15, -0.1) is 0 Å². The second kappa shape index (κ2) is 8.34. The van der Waals surface area contributed by atoms with E-state index in [1.807, 2.05) is 26.8 Å². The molecule has 1 saturated heterocycles. The summed E-state index contributed by atoms with van der Waals surface area (Å²) in [6.07, 6.45) is 0.542. The van der Waals surface area contributed by atoms with Crippen LogP contribution in [0.2, 0.25) is 0 Å². The number of hydrogen-bond donors (Lipinski definition) is 1. The Morgan fingerprint density at radius 1 is 1.03 bits per heavy atom. The van der Waals surface area contributed by atoms with Crippen molar-refractivity contribution in [1.29, 1.82) is 0 Å². The van der Waals surface area contributed by atoms with Crippen molar-refractivity contribution in [3.63, 3.8) is 0 Å². The van der Waals surface area contributed by atoms with E-state index in [9.17, 15) is 4.79 Å². The van der Waals surface area contributed by atoms with Gasteiger partial charge in [-0.2, -0.15) is 4.98 Å². The maximum absolute atomic E-state index is 12.5. The van der Waals surface area contributed by atoms with Crippen LogP contribution in [-0.2, 0) is 17.7 Å². The van der Waals surface area contributed by atoms with Crippen molar-refractivity contribution in [1.82, 2.24) is 19.8 Å². The highest BCUT2D eigenvalue weighted by Crippen LogP contribution is 2.28. The summed E-state index contributed by atoms with van der Waals surface area (Å²) in [7, 11) is 2.13. The third-order valence-electron chi connectivity index (χ3n) is 5.72. The number of piperazine rings is 1. The molecule has 8 nitrogen and oxygen atoms in total. The molecule has 0 radical (unpaired) electrons. The Kier molecular flexibility index (Phi) is 5.75. The molecule has 1 fully saturated rings. The molecule has 2 aliphatic rings. The van der Waals surface area contributed by atoms with E-state index >= 15 is 0 Å². The molecule has 0 saturated carbocycles. The van der Waals surface area contributed by atoms with Gasteiger partial charge in [-0.3, -0.25) is 0 Å². The SMILES string of the molecule is CN1CCN(c2cc(-c3ccc4c(c3)CN(C(=O)OC(C)(C)C)CC4)nc(N)n2)CC1. The van der Waals surface area contributed by atoms with E-state index in [0.29, 0.717) is 13.1 Å². The second-order valence-corrected chi connectivity index (χ2v) is 9.40. The molecule has 166 valence electrons. The molecule has 4 rings (SSSR count). The van der Waals surface area contributed by atoms with Crippen LogP contribution in [0.15, 0.2) is 24.3 Å². The lowest BCUT2D eigenvalue weighted by Gasteiger charge is -2.33. The Balaban J connectivity index is 1.57. The van der Waals surface area contributed by atoms with E-state index in [4.69, 9.17) is 10.5 Å². The number of rotatable bonds is 2. The minimum atomic E-state index is -0.503. The van der Waals surface area contributed by atoms with Crippen molar-refractivity contribution in [2.45, 2.75) is 39.3 Å². The highest BCUT2D eigenvalue weighted by atomic mass is 16.6. The zero-order valence-corrected chi connectivity index (χ0v) is 18.9. The van der Waals surface area contributed by atoms with Gasteiger partial charge in [0.1, 0.15) is 11.4 Å². The third-order valence-corrected chi connectivity index (χ3v) is 5.72. The summed E-state index contributed by atoms with van der Waals surface area (Å²) < 4.78 is 5.55. The number of ether oxygens (including phenoxy) is 1. The molecule has 8 heteroatoms. The van der Waals surface area contributed by atoms with Crippen LogP contribution < -0.4 is 10.6 Å². The summed E-state index contributed by atoms with van der Waals surface area (Å²) in [5.41, 5.74) is 9.72. The fourth-order valence-corrected chi connectivity index (χ4v) is 4.00. The molecule has 0 atom stereocenters. The minimum absolute atomic E-state index is 0.271. The van der Waals surface area contributed by atoms with Gasteiger partial charge in [-0.25, -0.2) is 9.78 Å². The number of nitrogens with two attached hydrogens (primary N) is 1. The summed E-state index contributed by atoms with van der Waals surface area (Å²) in [4.78, 5) is 27.8. The molecule has 2 N–H and O–H groups in total. The van der Waals surface area contributed by atoms with Crippen LogP contribution in [0.1, 0.15) is 31.9 Å². The van der Waals surface area contributed by atoms with Gasteiger partial charge in [0.15, 0.2) is 0 Å². The normalized spacial score (nSPS) is 17.4. The molecular formula is C23H32N6O2. The summed E-state index contributed by atoms with van der Waals surface area (Å²) in [6, 6.07) is 8.34. The fourth-order valence-electron chi connectivity index (χ4n) is 4.00. The highest BCUT2D eigenvalue weighted by molar-refractivity contribution is 5.70. The van der Waals surface area contributed by atoms with Crippen LogP contribution in [0.4, 0.5) is 16.6 Å².